The molecule has 0 nitrogen and oxygen atoms in total. The summed E-state index contributed by atoms with van der Waals surface area (Å²) >= 11 is 0. The van der Waals surface area contributed by atoms with Gasteiger partial charge in [0.25, 0.3) is 0 Å². The molecule has 0 bridgehead atoms. The van der Waals surface area contributed by atoms with Crippen LogP contribution in [0.2, 0.25) is 0 Å². The highest BCUT2D eigenvalue weighted by molar-refractivity contribution is 5.68. The number of rotatable bonds is 5. The van der Waals surface area contributed by atoms with E-state index in [1.54, 1.807) is 0 Å². The fourth-order valence-electron chi connectivity index (χ4n) is 2.12. The van der Waals surface area contributed by atoms with E-state index >= 15 is 0 Å². The van der Waals surface area contributed by atoms with Crippen LogP contribution in [0.1, 0.15) is 50.2 Å². The molecular formula is C15H19. The lowest BCUT2D eigenvalue weighted by atomic mass is 10.0. The van der Waals surface area contributed by atoms with Gasteiger partial charge in [0, 0.05) is 6.42 Å². The molecule has 1 aliphatic rings. The first kappa shape index (κ1) is 10.5. The summed E-state index contributed by atoms with van der Waals surface area (Å²) in [6.45, 7) is 2.26. The summed E-state index contributed by atoms with van der Waals surface area (Å²) in [6.07, 6.45) is 11.3. The van der Waals surface area contributed by atoms with Crippen molar-refractivity contribution in [3.8, 4) is 0 Å². The van der Waals surface area contributed by atoms with Crippen molar-refractivity contribution in [2.24, 2.45) is 0 Å². The fraction of sp³-hybridized carbons (Fsp3) is 0.400. The predicted molar refractivity (Wildman–Crippen MR) is 66.6 cm³/mol. The Hall–Kier alpha value is -1.04. The third-order valence-corrected chi connectivity index (χ3v) is 3.00. The first-order chi connectivity index (χ1) is 7.40. The van der Waals surface area contributed by atoms with Crippen molar-refractivity contribution in [1.29, 1.82) is 0 Å². The number of allylic oxidation sites excluding steroid dienone is 1. The number of hydrogen-bond acceptors (Lipinski definition) is 0. The molecule has 1 aromatic rings. The van der Waals surface area contributed by atoms with Gasteiger partial charge in [-0.2, -0.15) is 0 Å². The van der Waals surface area contributed by atoms with Crippen LogP contribution in [0.5, 0.6) is 0 Å². The lowest BCUT2D eigenvalue weighted by molar-refractivity contribution is 0.668. The highest BCUT2D eigenvalue weighted by Crippen LogP contribution is 2.29. The van der Waals surface area contributed by atoms with Gasteiger partial charge in [0.2, 0.25) is 0 Å². The molecule has 0 atom stereocenters. The van der Waals surface area contributed by atoms with Gasteiger partial charge in [0.05, 0.1) is 0 Å². The van der Waals surface area contributed by atoms with Gasteiger partial charge in [-0.25, -0.2) is 0 Å². The molecule has 0 aromatic heterocycles. The summed E-state index contributed by atoms with van der Waals surface area (Å²) in [5, 5.41) is 0. The normalized spacial score (nSPS) is 13.8. The Morgan fingerprint density at radius 2 is 1.73 bits per heavy atom. The maximum Gasteiger partial charge on any atom is 0.0164 e. The van der Waals surface area contributed by atoms with Crippen molar-refractivity contribution in [3.05, 3.63) is 47.4 Å². The zero-order chi connectivity index (χ0) is 10.5. The minimum atomic E-state index is 1.24. The molecule has 0 fully saturated rings. The Kier molecular flexibility index (Phi) is 3.60. The van der Waals surface area contributed by atoms with Crippen LogP contribution in [-0.2, 0) is 0 Å². The Bertz CT molecular complexity index is 347. The summed E-state index contributed by atoms with van der Waals surface area (Å²) in [4.78, 5) is 0. The van der Waals surface area contributed by atoms with Gasteiger partial charge in [-0.15, -0.1) is 0 Å². The van der Waals surface area contributed by atoms with Crippen LogP contribution in [0.4, 0.5) is 0 Å². The minimum Gasteiger partial charge on any atom is -0.0654 e. The maximum absolute atomic E-state index is 2.33. The first-order valence-corrected chi connectivity index (χ1v) is 6.04. The van der Waals surface area contributed by atoms with E-state index in [2.05, 4.69) is 43.7 Å². The summed E-state index contributed by atoms with van der Waals surface area (Å²) in [5.41, 5.74) is 4.29. The van der Waals surface area contributed by atoms with Gasteiger partial charge < -0.3 is 0 Å². The molecule has 1 aromatic carbocycles. The molecule has 1 aliphatic carbocycles. The van der Waals surface area contributed by atoms with Gasteiger partial charge in [-0.3, -0.25) is 0 Å². The van der Waals surface area contributed by atoms with Gasteiger partial charge in [0.1, 0.15) is 0 Å². The zero-order valence-electron chi connectivity index (χ0n) is 9.50. The molecule has 0 unspecified atom stereocenters. The molecule has 1 radical (unpaired) electrons. The third kappa shape index (κ3) is 2.71. The highest BCUT2D eigenvalue weighted by Gasteiger charge is 2.11. The summed E-state index contributed by atoms with van der Waals surface area (Å²) in [5.74, 6) is 0. The molecule has 0 saturated heterocycles. The minimum absolute atomic E-state index is 1.24. The van der Waals surface area contributed by atoms with Crippen LogP contribution in [0.3, 0.4) is 0 Å². The lowest BCUT2D eigenvalue weighted by Crippen LogP contribution is -1.83. The van der Waals surface area contributed by atoms with Crippen LogP contribution in [0, 0.1) is 6.42 Å². The molecule has 2 rings (SSSR count). The largest absolute Gasteiger partial charge is 0.0654 e. The Balaban J connectivity index is 1.83. The maximum atomic E-state index is 2.33. The number of hydrogen-bond donors (Lipinski definition) is 0. The second kappa shape index (κ2) is 5.16. The Morgan fingerprint density at radius 3 is 2.47 bits per heavy atom. The first-order valence-electron chi connectivity index (χ1n) is 6.04. The Labute approximate surface area is 93.0 Å². The molecule has 0 heteroatoms. The molecule has 15 heavy (non-hydrogen) atoms. The molecule has 0 amide bonds. The molecule has 0 spiro atoms. The zero-order valence-corrected chi connectivity index (χ0v) is 9.50. The second-order valence-electron chi connectivity index (χ2n) is 4.30. The van der Waals surface area contributed by atoms with Crippen LogP contribution in [-0.4, -0.2) is 0 Å². The van der Waals surface area contributed by atoms with Gasteiger partial charge in [-0.1, -0.05) is 62.1 Å². The molecule has 0 saturated carbocycles. The van der Waals surface area contributed by atoms with Crippen molar-refractivity contribution in [2.75, 3.05) is 0 Å². The average Bonchev–Trinajstić information content (AvgIpc) is 2.67. The van der Waals surface area contributed by atoms with E-state index in [0.29, 0.717) is 0 Å². The predicted octanol–water partition coefficient (Wildman–Crippen LogP) is 4.61. The fourth-order valence-corrected chi connectivity index (χ4v) is 2.12. The van der Waals surface area contributed by atoms with Crippen molar-refractivity contribution < 1.29 is 0 Å². The van der Waals surface area contributed by atoms with E-state index in [-0.39, 0.29) is 0 Å². The van der Waals surface area contributed by atoms with Crippen LogP contribution in [0.15, 0.2) is 29.8 Å². The van der Waals surface area contributed by atoms with E-state index in [1.807, 2.05) is 0 Å². The van der Waals surface area contributed by atoms with E-state index in [1.165, 1.54) is 48.8 Å². The average molecular weight is 199 g/mol. The van der Waals surface area contributed by atoms with Crippen molar-refractivity contribution >= 4 is 6.08 Å². The number of unbranched alkanes of at least 4 members (excludes halogenated alkanes) is 3. The molecule has 0 N–H and O–H groups in total. The number of benzene rings is 1. The van der Waals surface area contributed by atoms with E-state index in [0.717, 1.165) is 0 Å². The highest BCUT2D eigenvalue weighted by atomic mass is 14.2. The van der Waals surface area contributed by atoms with E-state index in [4.69, 9.17) is 0 Å². The summed E-state index contributed by atoms with van der Waals surface area (Å²) in [6, 6.07) is 8.63. The molecule has 0 heterocycles. The SMILES string of the molecule is CCCCCCC1=Cc2ccccc2[CH]1. The quantitative estimate of drug-likeness (QED) is 0.608. The summed E-state index contributed by atoms with van der Waals surface area (Å²) in [7, 11) is 0. The molecule has 0 aliphatic heterocycles. The van der Waals surface area contributed by atoms with Crippen molar-refractivity contribution in [3.63, 3.8) is 0 Å². The van der Waals surface area contributed by atoms with Crippen LogP contribution in [0.25, 0.3) is 6.08 Å². The Morgan fingerprint density at radius 1 is 0.933 bits per heavy atom. The topological polar surface area (TPSA) is 0 Å². The van der Waals surface area contributed by atoms with Gasteiger partial charge >= 0.3 is 0 Å². The smallest absolute Gasteiger partial charge is 0.0164 e. The third-order valence-electron chi connectivity index (χ3n) is 3.00. The monoisotopic (exact) mass is 199 g/mol. The molecule has 79 valence electrons. The standard InChI is InChI=1S/C15H19/c1-2-3-4-5-8-13-11-14-9-6-7-10-15(14)12-13/h6-7,9-12H,2-5,8H2,1H3. The molecular weight excluding hydrogens is 180 g/mol. The van der Waals surface area contributed by atoms with Crippen LogP contribution < -0.4 is 0 Å². The van der Waals surface area contributed by atoms with Crippen molar-refractivity contribution in [2.45, 2.75) is 39.0 Å². The summed E-state index contributed by atoms with van der Waals surface area (Å²) < 4.78 is 0. The van der Waals surface area contributed by atoms with Crippen LogP contribution >= 0.6 is 0 Å². The van der Waals surface area contributed by atoms with Gasteiger partial charge in [-0.05, 0) is 24.0 Å². The van der Waals surface area contributed by atoms with Crippen molar-refractivity contribution in [1.82, 2.24) is 0 Å². The van der Waals surface area contributed by atoms with E-state index < -0.39 is 0 Å². The second-order valence-corrected chi connectivity index (χ2v) is 4.30. The van der Waals surface area contributed by atoms with E-state index in [9.17, 15) is 0 Å². The number of fused-ring (bicyclic) bond motifs is 1. The lowest BCUT2D eigenvalue weighted by Gasteiger charge is -2.00. The van der Waals surface area contributed by atoms with Gasteiger partial charge in [0.15, 0.2) is 0 Å².